The predicted molar refractivity (Wildman–Crippen MR) is 128 cm³/mol. The largest absolute Gasteiger partial charge is 0.321 e. The fourth-order valence-corrected chi connectivity index (χ4v) is 3.92. The Balaban J connectivity index is 1.69. The van der Waals surface area contributed by atoms with Crippen LogP contribution >= 0.6 is 0 Å². The standard InChI is InChI=1S/C26H26N4O2/c1-4-18-14-10-11-17(2)22(18)28-26(32)29-24-25(31)30(3)21-16-9-8-15-20(21)23(27-24)19-12-6-5-7-13-19/h5-16,24H,4H2,1-3H3,(H2,28,29,32)/t24-/m1/s1. The first kappa shape index (κ1) is 21.3. The number of benzene rings is 3. The van der Waals surface area contributed by atoms with E-state index in [9.17, 15) is 9.59 Å². The molecule has 162 valence electrons. The van der Waals surface area contributed by atoms with E-state index in [1.807, 2.05) is 86.6 Å². The van der Waals surface area contributed by atoms with Crippen LogP contribution in [0.15, 0.2) is 77.8 Å². The summed E-state index contributed by atoms with van der Waals surface area (Å²) in [5.41, 5.74) is 5.88. The summed E-state index contributed by atoms with van der Waals surface area (Å²) in [5, 5.41) is 5.69. The number of amides is 3. The van der Waals surface area contributed by atoms with E-state index in [2.05, 4.69) is 10.6 Å². The number of hydrogen-bond acceptors (Lipinski definition) is 3. The molecule has 3 aromatic carbocycles. The Morgan fingerprint density at radius 1 is 1.00 bits per heavy atom. The lowest BCUT2D eigenvalue weighted by Gasteiger charge is -2.21. The molecule has 1 heterocycles. The van der Waals surface area contributed by atoms with Crippen LogP contribution in [0.5, 0.6) is 0 Å². The van der Waals surface area contributed by atoms with Gasteiger partial charge in [-0.25, -0.2) is 9.79 Å². The van der Waals surface area contributed by atoms with Gasteiger partial charge in [0.25, 0.3) is 5.91 Å². The number of hydrogen-bond donors (Lipinski definition) is 2. The number of carbonyl (C=O) groups is 2. The lowest BCUT2D eigenvalue weighted by Crippen LogP contribution is -2.47. The third kappa shape index (κ3) is 4.12. The van der Waals surface area contributed by atoms with E-state index in [0.717, 1.165) is 40.0 Å². The van der Waals surface area contributed by atoms with Crippen molar-refractivity contribution in [2.45, 2.75) is 26.4 Å². The predicted octanol–water partition coefficient (Wildman–Crippen LogP) is 4.52. The number of benzodiazepines with no additional fused rings is 1. The molecule has 6 nitrogen and oxygen atoms in total. The van der Waals surface area contributed by atoms with Gasteiger partial charge < -0.3 is 15.5 Å². The van der Waals surface area contributed by atoms with Crippen LogP contribution in [0, 0.1) is 6.92 Å². The second kappa shape index (κ2) is 9.06. The second-order valence-corrected chi connectivity index (χ2v) is 7.72. The van der Waals surface area contributed by atoms with Crippen LogP contribution in [0.3, 0.4) is 0 Å². The molecule has 0 aliphatic carbocycles. The summed E-state index contributed by atoms with van der Waals surface area (Å²) in [7, 11) is 1.70. The number of nitrogens with one attached hydrogen (secondary N) is 2. The van der Waals surface area contributed by atoms with Gasteiger partial charge in [-0.15, -0.1) is 0 Å². The maximum atomic E-state index is 13.2. The van der Waals surface area contributed by atoms with Crippen LogP contribution < -0.4 is 15.5 Å². The lowest BCUT2D eigenvalue weighted by atomic mass is 10.0. The van der Waals surface area contributed by atoms with Crippen molar-refractivity contribution in [1.82, 2.24) is 5.32 Å². The zero-order valence-corrected chi connectivity index (χ0v) is 18.4. The molecule has 6 heteroatoms. The number of aryl methyl sites for hydroxylation is 2. The van der Waals surface area contributed by atoms with Gasteiger partial charge in [-0.1, -0.05) is 73.7 Å². The van der Waals surface area contributed by atoms with E-state index in [1.165, 1.54) is 0 Å². The van der Waals surface area contributed by atoms with Crippen molar-refractivity contribution in [3.63, 3.8) is 0 Å². The summed E-state index contributed by atoms with van der Waals surface area (Å²) in [6, 6.07) is 22.7. The maximum absolute atomic E-state index is 13.2. The first-order valence-electron chi connectivity index (χ1n) is 10.7. The van der Waals surface area contributed by atoms with Gasteiger partial charge in [-0.3, -0.25) is 4.79 Å². The van der Waals surface area contributed by atoms with Gasteiger partial charge in [0.15, 0.2) is 0 Å². The molecule has 0 spiro atoms. The number of rotatable bonds is 4. The Bertz CT molecular complexity index is 1190. The third-order valence-electron chi connectivity index (χ3n) is 5.64. The number of carbonyl (C=O) groups excluding carboxylic acids is 2. The Morgan fingerprint density at radius 3 is 2.47 bits per heavy atom. The molecule has 4 rings (SSSR count). The van der Waals surface area contributed by atoms with E-state index in [0.29, 0.717) is 5.71 Å². The molecule has 0 saturated carbocycles. The summed E-state index contributed by atoms with van der Waals surface area (Å²) >= 11 is 0. The van der Waals surface area contributed by atoms with Gasteiger partial charge in [0, 0.05) is 23.9 Å². The summed E-state index contributed by atoms with van der Waals surface area (Å²) in [5.74, 6) is -0.306. The molecule has 1 aliphatic rings. The van der Waals surface area contributed by atoms with Crippen LogP contribution in [0.2, 0.25) is 0 Å². The monoisotopic (exact) mass is 426 g/mol. The molecule has 0 bridgehead atoms. The topological polar surface area (TPSA) is 73.8 Å². The minimum atomic E-state index is -1.06. The van der Waals surface area contributed by atoms with Crippen molar-refractivity contribution in [2.75, 3.05) is 17.3 Å². The molecule has 32 heavy (non-hydrogen) atoms. The molecule has 1 atom stereocenters. The number of likely N-dealkylation sites (N-methyl/N-ethyl adjacent to an activating group) is 1. The summed E-state index contributed by atoms with van der Waals surface area (Å²) in [4.78, 5) is 32.4. The summed E-state index contributed by atoms with van der Waals surface area (Å²) < 4.78 is 0. The lowest BCUT2D eigenvalue weighted by molar-refractivity contribution is -0.119. The number of nitrogens with zero attached hydrogens (tertiary/aromatic N) is 2. The smallest absolute Gasteiger partial charge is 0.311 e. The first-order chi connectivity index (χ1) is 15.5. The maximum Gasteiger partial charge on any atom is 0.321 e. The van der Waals surface area contributed by atoms with Crippen molar-refractivity contribution in [3.8, 4) is 0 Å². The van der Waals surface area contributed by atoms with E-state index in [4.69, 9.17) is 4.99 Å². The minimum absolute atomic E-state index is 0.306. The Morgan fingerprint density at radius 2 is 1.72 bits per heavy atom. The molecule has 0 radical (unpaired) electrons. The average molecular weight is 427 g/mol. The highest BCUT2D eigenvalue weighted by atomic mass is 16.2. The Hall–Kier alpha value is -3.93. The number of para-hydroxylation sites is 2. The highest BCUT2D eigenvalue weighted by molar-refractivity contribution is 6.20. The van der Waals surface area contributed by atoms with Crippen LogP contribution in [0.1, 0.15) is 29.2 Å². The van der Waals surface area contributed by atoms with Crippen molar-refractivity contribution < 1.29 is 9.59 Å². The SMILES string of the molecule is CCc1cccc(C)c1NC(=O)N[C@H]1N=C(c2ccccc2)c2ccccc2N(C)C1=O. The highest BCUT2D eigenvalue weighted by Gasteiger charge is 2.31. The van der Waals surface area contributed by atoms with Crippen LogP contribution in [-0.2, 0) is 11.2 Å². The zero-order chi connectivity index (χ0) is 22.7. The minimum Gasteiger partial charge on any atom is -0.311 e. The van der Waals surface area contributed by atoms with Gasteiger partial charge in [0.05, 0.1) is 11.4 Å². The normalized spacial score (nSPS) is 15.5. The zero-order valence-electron chi connectivity index (χ0n) is 18.4. The van der Waals surface area contributed by atoms with E-state index in [-0.39, 0.29) is 5.91 Å². The summed E-state index contributed by atoms with van der Waals surface area (Å²) in [6.45, 7) is 3.98. The van der Waals surface area contributed by atoms with Crippen molar-refractivity contribution in [1.29, 1.82) is 0 Å². The Labute approximate surface area is 188 Å². The molecule has 0 saturated heterocycles. The van der Waals surface area contributed by atoms with Crippen LogP contribution in [0.25, 0.3) is 0 Å². The molecule has 0 unspecified atom stereocenters. The highest BCUT2D eigenvalue weighted by Crippen LogP contribution is 2.27. The van der Waals surface area contributed by atoms with E-state index >= 15 is 0 Å². The van der Waals surface area contributed by atoms with Gasteiger partial charge in [-0.05, 0) is 30.5 Å². The van der Waals surface area contributed by atoms with Crippen LogP contribution in [0.4, 0.5) is 16.2 Å². The van der Waals surface area contributed by atoms with E-state index in [1.54, 1.807) is 11.9 Å². The molecule has 3 amide bonds. The number of fused-ring (bicyclic) bond motifs is 1. The molecule has 3 aromatic rings. The molecule has 0 fully saturated rings. The Kier molecular flexibility index (Phi) is 6.03. The average Bonchev–Trinajstić information content (AvgIpc) is 2.92. The van der Waals surface area contributed by atoms with Gasteiger partial charge in [-0.2, -0.15) is 0 Å². The van der Waals surface area contributed by atoms with Crippen molar-refractivity contribution in [3.05, 3.63) is 95.1 Å². The van der Waals surface area contributed by atoms with Gasteiger partial charge >= 0.3 is 6.03 Å². The first-order valence-corrected chi connectivity index (χ1v) is 10.7. The number of aliphatic imine (C=N–C) groups is 1. The summed E-state index contributed by atoms with van der Waals surface area (Å²) in [6.07, 6.45) is -0.273. The van der Waals surface area contributed by atoms with Crippen LogP contribution in [-0.4, -0.2) is 30.9 Å². The molecule has 2 N–H and O–H groups in total. The van der Waals surface area contributed by atoms with Crippen molar-refractivity contribution in [2.24, 2.45) is 4.99 Å². The van der Waals surface area contributed by atoms with Gasteiger partial charge in [0.1, 0.15) is 0 Å². The van der Waals surface area contributed by atoms with Gasteiger partial charge in [0.2, 0.25) is 6.17 Å². The molecule has 1 aliphatic heterocycles. The van der Waals surface area contributed by atoms with Crippen molar-refractivity contribution >= 4 is 29.0 Å². The quantitative estimate of drug-likeness (QED) is 0.644. The second-order valence-electron chi connectivity index (χ2n) is 7.72. The molecular weight excluding hydrogens is 400 g/mol. The molecular formula is C26H26N4O2. The number of anilines is 2. The van der Waals surface area contributed by atoms with E-state index < -0.39 is 12.2 Å². The third-order valence-corrected chi connectivity index (χ3v) is 5.64. The number of urea groups is 1. The fourth-order valence-electron chi connectivity index (χ4n) is 3.92. The fraction of sp³-hybridized carbons (Fsp3) is 0.192. The molecule has 0 aromatic heterocycles.